The van der Waals surface area contributed by atoms with Crippen molar-refractivity contribution in [1.82, 2.24) is 19.0 Å². The predicted molar refractivity (Wildman–Crippen MR) is 127 cm³/mol. The Balaban J connectivity index is 2.17. The second-order valence-electron chi connectivity index (χ2n) is 7.53. The Hall–Kier alpha value is -2.81. The van der Waals surface area contributed by atoms with Crippen LogP contribution in [0.15, 0.2) is 65.5 Å². The molecule has 0 aliphatic carbocycles. The smallest absolute Gasteiger partial charge is 0.333 e. The van der Waals surface area contributed by atoms with Crippen LogP contribution in [0.25, 0.3) is 28.0 Å². The van der Waals surface area contributed by atoms with Crippen molar-refractivity contribution in [3.8, 4) is 16.9 Å². The third kappa shape index (κ3) is 3.90. The van der Waals surface area contributed by atoms with Gasteiger partial charge in [-0.15, -0.1) is 0 Å². The van der Waals surface area contributed by atoms with Gasteiger partial charge in [0, 0.05) is 22.0 Å². The first-order chi connectivity index (χ1) is 15.4. The molecule has 0 saturated carbocycles. The number of benzene rings is 2. The van der Waals surface area contributed by atoms with Crippen LogP contribution in [0.5, 0.6) is 0 Å². The first kappa shape index (κ1) is 22.4. The van der Waals surface area contributed by atoms with E-state index in [-0.39, 0.29) is 35.9 Å². The highest BCUT2D eigenvalue weighted by molar-refractivity contribution is 6.33. The quantitative estimate of drug-likeness (QED) is 0.331. The second-order valence-corrected chi connectivity index (χ2v) is 8.35. The molecule has 2 aromatic carbocycles. The minimum Gasteiger partial charge on any atom is -0.390 e. The Morgan fingerprint density at radius 2 is 1.62 bits per heavy atom. The van der Waals surface area contributed by atoms with E-state index in [0.29, 0.717) is 38.0 Å². The van der Waals surface area contributed by atoms with Gasteiger partial charge in [-0.3, -0.25) is 9.36 Å². The maximum atomic E-state index is 13.0. The van der Waals surface area contributed by atoms with Gasteiger partial charge < -0.3 is 10.2 Å². The van der Waals surface area contributed by atoms with E-state index < -0.39 is 0 Å². The van der Waals surface area contributed by atoms with E-state index in [9.17, 15) is 15.0 Å². The number of aliphatic hydroxyl groups excluding tert-OH is 2. The normalized spacial score (nSPS) is 13.3. The number of hydrogen-bond acceptors (Lipinski definition) is 5. The molecule has 4 rings (SSSR count). The van der Waals surface area contributed by atoms with Crippen LogP contribution in [-0.2, 0) is 0 Å². The van der Waals surface area contributed by atoms with Gasteiger partial charge in [0.15, 0.2) is 12.4 Å². The summed E-state index contributed by atoms with van der Waals surface area (Å²) in [6, 6.07) is 17.3. The highest BCUT2D eigenvalue weighted by Gasteiger charge is 2.30. The van der Waals surface area contributed by atoms with E-state index in [1.807, 2.05) is 18.2 Å². The van der Waals surface area contributed by atoms with Crippen molar-refractivity contribution in [3.63, 3.8) is 0 Å². The summed E-state index contributed by atoms with van der Waals surface area (Å²) in [4.78, 5) is 22.4. The number of para-hydroxylation sites is 1. The number of nitrogens with zero attached hydrogens (tertiary/aromatic N) is 4. The van der Waals surface area contributed by atoms with Gasteiger partial charge in [0.2, 0.25) is 0 Å². The Morgan fingerprint density at radius 1 is 0.938 bits per heavy atom. The van der Waals surface area contributed by atoms with E-state index >= 15 is 0 Å². The lowest BCUT2D eigenvalue weighted by molar-refractivity contribution is 0.108. The number of fused-ring (bicyclic) bond motifs is 1. The average molecular weight is 472 g/mol. The van der Waals surface area contributed by atoms with E-state index in [2.05, 4.69) is 4.98 Å². The minimum absolute atomic E-state index is 0.157. The van der Waals surface area contributed by atoms with Crippen LogP contribution in [0, 0.1) is 0 Å². The van der Waals surface area contributed by atoms with Crippen molar-refractivity contribution in [2.45, 2.75) is 0 Å². The molecule has 0 amide bonds. The predicted octanol–water partition coefficient (Wildman–Crippen LogP) is 3.63. The van der Waals surface area contributed by atoms with Gasteiger partial charge in [-0.2, -0.15) is 9.97 Å². The molecular weight excluding hydrogens is 451 g/mol. The molecule has 32 heavy (non-hydrogen) atoms. The van der Waals surface area contributed by atoms with Gasteiger partial charge >= 0.3 is 5.95 Å². The molecule has 0 spiro atoms. The Kier molecular flexibility index (Phi) is 6.28. The Bertz CT molecular complexity index is 1360. The van der Waals surface area contributed by atoms with Gasteiger partial charge in [0.25, 0.3) is 5.56 Å². The largest absolute Gasteiger partial charge is 0.390 e. The Labute approximate surface area is 194 Å². The van der Waals surface area contributed by atoms with Gasteiger partial charge in [0.05, 0.1) is 30.1 Å². The molecule has 1 atom stereocenters. The van der Waals surface area contributed by atoms with E-state index in [0.717, 1.165) is 0 Å². The topological polar surface area (TPSA) is 88.2 Å². The third-order valence-corrected chi connectivity index (χ3v) is 6.00. The standard InChI is InChI=1S/C23H21Cl2N4O3/c1-29(14-31,12-13-30)23-26-21(15-6-2-3-7-17(15)24)16-10-11-20(32)28(22(16)27-23)19-9-5-4-8-18(19)25/h2-11,30-31H,12-14H2,1H3/q+1. The lowest BCUT2D eigenvalue weighted by Gasteiger charge is -2.29. The molecule has 1 unspecified atom stereocenters. The summed E-state index contributed by atoms with van der Waals surface area (Å²) in [5, 5.41) is 21.1. The van der Waals surface area contributed by atoms with Gasteiger partial charge in [0.1, 0.15) is 6.54 Å². The molecule has 0 aliphatic heterocycles. The summed E-state index contributed by atoms with van der Waals surface area (Å²) >= 11 is 12.9. The van der Waals surface area contributed by atoms with E-state index in [1.54, 1.807) is 43.4 Å². The Morgan fingerprint density at radius 3 is 2.28 bits per heavy atom. The van der Waals surface area contributed by atoms with Crippen molar-refractivity contribution in [2.24, 2.45) is 0 Å². The molecular formula is C23H21Cl2N4O3+. The van der Waals surface area contributed by atoms with Crippen LogP contribution in [-0.4, -0.2) is 51.7 Å². The van der Waals surface area contributed by atoms with Gasteiger partial charge in [-0.1, -0.05) is 53.5 Å². The van der Waals surface area contributed by atoms with Crippen molar-refractivity contribution in [2.75, 3.05) is 26.9 Å². The second kappa shape index (κ2) is 8.97. The number of hydrogen-bond donors (Lipinski definition) is 2. The summed E-state index contributed by atoms with van der Waals surface area (Å²) < 4.78 is 1.26. The van der Waals surface area contributed by atoms with Crippen LogP contribution in [0.4, 0.5) is 5.95 Å². The average Bonchev–Trinajstić information content (AvgIpc) is 2.79. The monoisotopic (exact) mass is 471 g/mol. The molecule has 4 aromatic rings. The number of likely N-dealkylation sites (N-methyl/N-ethyl adjacent to an activating group) is 1. The third-order valence-electron chi connectivity index (χ3n) is 5.35. The van der Waals surface area contributed by atoms with Crippen LogP contribution < -0.4 is 10.0 Å². The lowest BCUT2D eigenvalue weighted by atomic mass is 10.1. The molecule has 0 radical (unpaired) electrons. The molecule has 0 aliphatic rings. The molecule has 2 heterocycles. The fourth-order valence-electron chi connectivity index (χ4n) is 3.52. The zero-order chi connectivity index (χ0) is 22.9. The first-order valence-electron chi connectivity index (χ1n) is 9.90. The maximum absolute atomic E-state index is 13.0. The van der Waals surface area contributed by atoms with Gasteiger partial charge in [-0.25, -0.2) is 4.48 Å². The number of aliphatic hydroxyl groups is 2. The molecule has 0 bridgehead atoms. The molecule has 0 fully saturated rings. The van der Waals surface area contributed by atoms with Crippen molar-refractivity contribution in [1.29, 1.82) is 0 Å². The van der Waals surface area contributed by atoms with Crippen LogP contribution >= 0.6 is 23.2 Å². The minimum atomic E-state index is -0.350. The number of halogens is 2. The molecule has 7 nitrogen and oxygen atoms in total. The summed E-state index contributed by atoms with van der Waals surface area (Å²) in [5.74, 6) is 0.232. The SMILES string of the molecule is C[N+](CO)(CCO)c1nc(-c2ccccc2Cl)c2ccc(=O)n(-c3ccccc3Cl)c2n1. The van der Waals surface area contributed by atoms with Crippen LogP contribution in [0.2, 0.25) is 10.0 Å². The highest BCUT2D eigenvalue weighted by atomic mass is 35.5. The zero-order valence-electron chi connectivity index (χ0n) is 17.2. The van der Waals surface area contributed by atoms with E-state index in [1.165, 1.54) is 10.6 Å². The van der Waals surface area contributed by atoms with Crippen LogP contribution in [0.1, 0.15) is 0 Å². The van der Waals surface area contributed by atoms with Crippen LogP contribution in [0.3, 0.4) is 0 Å². The summed E-state index contributed by atoms with van der Waals surface area (Å²) in [7, 11) is 1.70. The summed E-state index contributed by atoms with van der Waals surface area (Å²) in [5.41, 5.74) is 1.63. The number of rotatable bonds is 6. The van der Waals surface area contributed by atoms with Gasteiger partial charge in [-0.05, 0) is 24.3 Å². The highest BCUT2D eigenvalue weighted by Crippen LogP contribution is 2.34. The van der Waals surface area contributed by atoms with E-state index in [4.69, 9.17) is 28.2 Å². The van der Waals surface area contributed by atoms with Crippen molar-refractivity contribution < 1.29 is 10.2 Å². The summed E-state index contributed by atoms with van der Waals surface area (Å²) in [6.45, 7) is -0.365. The van der Waals surface area contributed by atoms with Crippen molar-refractivity contribution >= 4 is 40.2 Å². The molecule has 9 heteroatoms. The molecule has 2 aromatic heterocycles. The number of aromatic nitrogens is 3. The van der Waals surface area contributed by atoms with Crippen molar-refractivity contribution in [3.05, 3.63) is 81.1 Å². The number of pyridine rings is 1. The maximum Gasteiger partial charge on any atom is 0.333 e. The molecule has 0 saturated heterocycles. The fraction of sp³-hybridized carbons (Fsp3) is 0.174. The first-order valence-corrected chi connectivity index (χ1v) is 10.7. The summed E-state index contributed by atoms with van der Waals surface area (Å²) in [6.07, 6.45) is 0. The zero-order valence-corrected chi connectivity index (χ0v) is 18.8. The molecule has 164 valence electrons. The lowest BCUT2D eigenvalue weighted by Crippen LogP contribution is -2.49. The molecule has 2 N–H and O–H groups in total. The fourth-order valence-corrected chi connectivity index (χ4v) is 3.97. The number of quaternary nitrogens is 1.